The molecule has 13 heavy (non-hydrogen) atoms. The molecule has 6 heteroatoms. The Labute approximate surface area is 72.1 Å². The second-order valence-electron chi connectivity index (χ2n) is 2.68. The second-order valence-corrected chi connectivity index (χ2v) is 2.68. The molecule has 2 heterocycles. The van der Waals surface area contributed by atoms with Crippen LogP contribution in [0.3, 0.4) is 0 Å². The van der Waals surface area contributed by atoms with Crippen molar-refractivity contribution in [1.29, 1.82) is 0 Å². The Bertz CT molecular complexity index is 434. The lowest BCUT2D eigenvalue weighted by atomic mass is 9.85. The minimum absolute atomic E-state index is 0.316. The summed E-state index contributed by atoms with van der Waals surface area (Å²) in [4.78, 5) is 3.77. The van der Waals surface area contributed by atoms with E-state index in [4.69, 9.17) is 0 Å². The average Bonchev–Trinajstić information content (AvgIpc) is 2.48. The van der Waals surface area contributed by atoms with E-state index < -0.39 is 12.6 Å². The number of aromatic nitrogens is 2. The molecule has 0 amide bonds. The van der Waals surface area contributed by atoms with Gasteiger partial charge in [0, 0.05) is 12.4 Å². The number of hydrogen-bond donors (Lipinski definition) is 0. The molecule has 2 aromatic heterocycles. The van der Waals surface area contributed by atoms with Crippen LogP contribution in [-0.2, 0) is 0 Å². The van der Waals surface area contributed by atoms with Crippen LogP contribution >= 0.6 is 0 Å². The summed E-state index contributed by atoms with van der Waals surface area (Å²) in [5.41, 5.74) is -0.327. The first-order valence-corrected chi connectivity index (χ1v) is 3.71. The van der Waals surface area contributed by atoms with Gasteiger partial charge in [-0.1, -0.05) is 12.1 Å². The first-order valence-electron chi connectivity index (χ1n) is 3.71. The predicted octanol–water partition coefficient (Wildman–Crippen LogP) is 1.39. The summed E-state index contributed by atoms with van der Waals surface area (Å²) >= 11 is 0. The molecule has 0 atom stereocenters. The van der Waals surface area contributed by atoms with E-state index >= 15 is 0 Å². The maximum atomic E-state index is 12.4. The summed E-state index contributed by atoms with van der Waals surface area (Å²) in [7, 11) is 0. The normalized spacial score (nSPS) is 12.2. The highest BCUT2D eigenvalue weighted by Crippen LogP contribution is 2.09. The van der Waals surface area contributed by atoms with Crippen LogP contribution in [0, 0.1) is 0 Å². The fourth-order valence-corrected chi connectivity index (χ4v) is 1.24. The molecule has 0 aromatic carbocycles. The molecule has 0 aliphatic carbocycles. The minimum Gasteiger partial charge on any atom is -0.444 e. The lowest BCUT2D eigenvalue weighted by molar-refractivity contribution is 0.497. The van der Waals surface area contributed by atoms with Crippen LogP contribution in [-0.4, -0.2) is 16.4 Å². The largest absolute Gasteiger partial charge is 0.526 e. The van der Waals surface area contributed by atoms with Gasteiger partial charge < -0.3 is 17.3 Å². The maximum Gasteiger partial charge on any atom is 0.526 e. The van der Waals surface area contributed by atoms with E-state index in [9.17, 15) is 12.9 Å². The molecule has 0 saturated carbocycles. The number of fused-ring (bicyclic) bond motifs is 1. The van der Waals surface area contributed by atoms with Crippen molar-refractivity contribution < 1.29 is 12.9 Å². The van der Waals surface area contributed by atoms with Crippen molar-refractivity contribution >= 4 is 18.2 Å². The standard InChI is InChI=1S/C7H5BF3N2/c9-8(10,11)6-2-1-3-7-12-4-5-13(6)7/h1-5H/q-1. The minimum atomic E-state index is -4.97. The molecule has 0 spiro atoms. The maximum absolute atomic E-state index is 12.4. The Balaban J connectivity index is 2.75. The van der Waals surface area contributed by atoms with Gasteiger partial charge in [0.15, 0.2) is 0 Å². The molecule has 0 aliphatic heterocycles. The number of halogens is 3. The molecule has 2 aromatic rings. The van der Waals surface area contributed by atoms with Gasteiger partial charge in [-0.25, -0.2) is 4.98 Å². The van der Waals surface area contributed by atoms with Crippen LogP contribution in [0.15, 0.2) is 30.6 Å². The monoisotopic (exact) mass is 185 g/mol. The number of pyridine rings is 1. The van der Waals surface area contributed by atoms with Crippen LogP contribution in [0.2, 0.25) is 0 Å². The Morgan fingerprint density at radius 1 is 1.23 bits per heavy atom. The molecule has 0 saturated heterocycles. The predicted molar refractivity (Wildman–Crippen MR) is 43.9 cm³/mol. The van der Waals surface area contributed by atoms with Gasteiger partial charge in [0.1, 0.15) is 5.65 Å². The Kier molecular flexibility index (Phi) is 1.58. The third-order valence-electron chi connectivity index (χ3n) is 1.80. The number of rotatable bonds is 1. The first-order chi connectivity index (χ1) is 6.09. The van der Waals surface area contributed by atoms with Gasteiger partial charge in [0.25, 0.3) is 0 Å². The third kappa shape index (κ3) is 1.28. The molecule has 0 radical (unpaired) electrons. The van der Waals surface area contributed by atoms with Crippen molar-refractivity contribution in [3.05, 3.63) is 30.6 Å². The van der Waals surface area contributed by atoms with Crippen LogP contribution < -0.4 is 5.59 Å². The van der Waals surface area contributed by atoms with Gasteiger partial charge in [-0.3, -0.25) is 0 Å². The summed E-state index contributed by atoms with van der Waals surface area (Å²) < 4.78 is 38.3. The Morgan fingerprint density at radius 2 is 2.00 bits per heavy atom. The van der Waals surface area contributed by atoms with Crippen molar-refractivity contribution in [2.24, 2.45) is 0 Å². The van der Waals surface area contributed by atoms with E-state index in [1.165, 1.54) is 24.5 Å². The van der Waals surface area contributed by atoms with Gasteiger partial charge >= 0.3 is 6.98 Å². The topological polar surface area (TPSA) is 17.3 Å². The van der Waals surface area contributed by atoms with E-state index in [-0.39, 0.29) is 0 Å². The van der Waals surface area contributed by atoms with Crippen LogP contribution in [0.1, 0.15) is 0 Å². The number of imidazole rings is 1. The molecule has 68 valence electrons. The van der Waals surface area contributed by atoms with Crippen molar-refractivity contribution in [2.75, 3.05) is 0 Å². The summed E-state index contributed by atoms with van der Waals surface area (Å²) in [6, 6.07) is 3.94. The Morgan fingerprint density at radius 3 is 2.69 bits per heavy atom. The molecule has 0 bridgehead atoms. The summed E-state index contributed by atoms with van der Waals surface area (Å²) in [6.45, 7) is -4.97. The van der Waals surface area contributed by atoms with E-state index in [0.717, 1.165) is 10.5 Å². The van der Waals surface area contributed by atoms with Gasteiger partial charge in [-0.15, -0.1) is 0 Å². The lowest BCUT2D eigenvalue weighted by Crippen LogP contribution is -2.38. The van der Waals surface area contributed by atoms with Crippen LogP contribution in [0.4, 0.5) is 12.9 Å². The van der Waals surface area contributed by atoms with Gasteiger partial charge in [-0.05, 0) is 11.7 Å². The van der Waals surface area contributed by atoms with Crippen molar-refractivity contribution in [3.63, 3.8) is 0 Å². The fourth-order valence-electron chi connectivity index (χ4n) is 1.24. The summed E-state index contributed by atoms with van der Waals surface area (Å²) in [5, 5.41) is 0. The van der Waals surface area contributed by atoms with E-state index in [1.807, 2.05) is 0 Å². The van der Waals surface area contributed by atoms with Crippen molar-refractivity contribution in [2.45, 2.75) is 0 Å². The molecule has 0 aliphatic rings. The van der Waals surface area contributed by atoms with E-state index in [0.29, 0.717) is 5.65 Å². The second kappa shape index (κ2) is 2.51. The number of nitrogens with zero attached hydrogens (tertiary/aromatic N) is 2. The zero-order chi connectivity index (χ0) is 9.47. The summed E-state index contributed by atoms with van der Waals surface area (Å²) in [6.07, 6.45) is 2.65. The molecule has 2 nitrogen and oxygen atoms in total. The SMILES string of the molecule is F[B-](F)(F)c1cccc2nccn12. The molecular weight excluding hydrogens is 180 g/mol. The zero-order valence-electron chi connectivity index (χ0n) is 6.49. The average molecular weight is 185 g/mol. The smallest absolute Gasteiger partial charge is 0.444 e. The molecule has 2 rings (SSSR count). The molecule has 0 unspecified atom stereocenters. The van der Waals surface area contributed by atoms with Crippen LogP contribution in [0.25, 0.3) is 5.65 Å². The molecule has 0 fully saturated rings. The van der Waals surface area contributed by atoms with Gasteiger partial charge in [0.2, 0.25) is 0 Å². The van der Waals surface area contributed by atoms with E-state index in [1.54, 1.807) is 0 Å². The van der Waals surface area contributed by atoms with Crippen LogP contribution in [0.5, 0.6) is 0 Å². The van der Waals surface area contributed by atoms with Gasteiger partial charge in [-0.2, -0.15) is 0 Å². The first kappa shape index (κ1) is 8.16. The van der Waals surface area contributed by atoms with Crippen molar-refractivity contribution in [3.8, 4) is 0 Å². The number of hydrogen-bond acceptors (Lipinski definition) is 1. The fraction of sp³-hybridized carbons (Fsp3) is 0. The van der Waals surface area contributed by atoms with Crippen molar-refractivity contribution in [1.82, 2.24) is 9.38 Å². The summed E-state index contributed by atoms with van der Waals surface area (Å²) in [5.74, 6) is 0. The van der Waals surface area contributed by atoms with E-state index in [2.05, 4.69) is 4.98 Å². The zero-order valence-corrected chi connectivity index (χ0v) is 6.49. The third-order valence-corrected chi connectivity index (χ3v) is 1.80. The Hall–Kier alpha value is -1.46. The molecule has 0 N–H and O–H groups in total. The molecular formula is C7H5BF3N2-. The highest BCUT2D eigenvalue weighted by Gasteiger charge is 2.27. The highest BCUT2D eigenvalue weighted by atomic mass is 19.4. The lowest BCUT2D eigenvalue weighted by Gasteiger charge is -2.16. The van der Waals surface area contributed by atoms with Gasteiger partial charge in [0.05, 0.1) is 0 Å². The quantitative estimate of drug-likeness (QED) is 0.613. The highest BCUT2D eigenvalue weighted by molar-refractivity contribution is 6.72.